The van der Waals surface area contributed by atoms with Crippen LogP contribution in [0.2, 0.25) is 0 Å². The Hall–Kier alpha value is -3.73. The van der Waals surface area contributed by atoms with Gasteiger partial charge in [0.15, 0.2) is 0 Å². The SMILES string of the molecule is Nc1ccc(C(c2ccc(N)cc2)(c2ccc(Cc3ccccc3)cc2)C(F)(F)F)cc1. The van der Waals surface area contributed by atoms with Gasteiger partial charge in [0.25, 0.3) is 0 Å². The normalized spacial score (nSPS) is 12.0. The molecule has 0 aliphatic heterocycles. The standard InChI is InChI=1S/C27H23F3N2/c28-27(29,30)26(22-10-14-24(31)15-11-22,23-12-16-25(32)17-13-23)21-8-6-20(7-9-21)18-19-4-2-1-3-5-19/h1-17H,18,31-32H2. The van der Waals surface area contributed by atoms with Crippen LogP contribution in [-0.4, -0.2) is 6.18 Å². The van der Waals surface area contributed by atoms with E-state index < -0.39 is 11.6 Å². The molecule has 4 N–H and O–H groups in total. The van der Waals surface area contributed by atoms with Crippen LogP contribution in [0.4, 0.5) is 24.5 Å². The summed E-state index contributed by atoms with van der Waals surface area (Å²) in [6.07, 6.45) is -3.97. The van der Waals surface area contributed by atoms with Crippen LogP contribution in [0.3, 0.4) is 0 Å². The fraction of sp³-hybridized carbons (Fsp3) is 0.111. The molecule has 0 aromatic heterocycles. The second-order valence-corrected chi connectivity index (χ2v) is 7.85. The van der Waals surface area contributed by atoms with Crippen molar-refractivity contribution in [2.75, 3.05) is 11.5 Å². The lowest BCUT2D eigenvalue weighted by Gasteiger charge is -2.37. The van der Waals surface area contributed by atoms with Crippen molar-refractivity contribution in [3.63, 3.8) is 0 Å². The third-order valence-corrected chi connectivity index (χ3v) is 5.75. The third-order valence-electron chi connectivity index (χ3n) is 5.75. The van der Waals surface area contributed by atoms with E-state index in [4.69, 9.17) is 11.5 Å². The summed E-state index contributed by atoms with van der Waals surface area (Å²) in [7, 11) is 0. The van der Waals surface area contributed by atoms with E-state index in [9.17, 15) is 0 Å². The fourth-order valence-electron chi connectivity index (χ4n) is 4.16. The van der Waals surface area contributed by atoms with E-state index in [1.165, 1.54) is 48.5 Å². The number of rotatable bonds is 5. The number of alkyl halides is 3. The summed E-state index contributed by atoms with van der Waals surface area (Å²) in [5, 5.41) is 0. The molecule has 4 aromatic carbocycles. The Balaban J connectivity index is 1.88. The minimum Gasteiger partial charge on any atom is -0.399 e. The second kappa shape index (κ2) is 8.42. The summed E-state index contributed by atoms with van der Waals surface area (Å²) in [6.45, 7) is 0. The molecule has 4 aromatic rings. The van der Waals surface area contributed by atoms with E-state index >= 15 is 13.2 Å². The topological polar surface area (TPSA) is 52.0 Å². The van der Waals surface area contributed by atoms with Crippen molar-refractivity contribution >= 4 is 11.4 Å². The third kappa shape index (κ3) is 3.94. The predicted molar refractivity (Wildman–Crippen MR) is 123 cm³/mol. The fourth-order valence-corrected chi connectivity index (χ4v) is 4.16. The summed E-state index contributed by atoms with van der Waals surface area (Å²) in [5.74, 6) is 0. The van der Waals surface area contributed by atoms with Crippen molar-refractivity contribution in [3.05, 3.63) is 131 Å². The molecule has 4 rings (SSSR count). The Morgan fingerprint density at radius 2 is 0.875 bits per heavy atom. The Morgan fingerprint density at radius 3 is 1.28 bits per heavy atom. The average Bonchev–Trinajstić information content (AvgIpc) is 2.77. The smallest absolute Gasteiger partial charge is 0.399 e. The molecule has 5 heteroatoms. The second-order valence-electron chi connectivity index (χ2n) is 7.85. The Bertz CT molecular complexity index is 1120. The first-order valence-corrected chi connectivity index (χ1v) is 10.2. The van der Waals surface area contributed by atoms with Gasteiger partial charge in [-0.05, 0) is 58.5 Å². The number of hydrogen-bond acceptors (Lipinski definition) is 2. The van der Waals surface area contributed by atoms with Gasteiger partial charge in [-0.2, -0.15) is 13.2 Å². The first-order chi connectivity index (χ1) is 15.3. The zero-order chi connectivity index (χ0) is 22.8. The largest absolute Gasteiger partial charge is 0.406 e. The van der Waals surface area contributed by atoms with E-state index in [0.29, 0.717) is 17.8 Å². The minimum absolute atomic E-state index is 0.0970. The summed E-state index contributed by atoms with van der Waals surface area (Å²) in [6, 6.07) is 28.2. The molecule has 0 saturated carbocycles. The molecule has 0 atom stereocenters. The van der Waals surface area contributed by atoms with Crippen LogP contribution in [0.5, 0.6) is 0 Å². The highest BCUT2D eigenvalue weighted by molar-refractivity contribution is 5.57. The zero-order valence-electron chi connectivity index (χ0n) is 17.3. The number of anilines is 2. The van der Waals surface area contributed by atoms with Gasteiger partial charge in [-0.15, -0.1) is 0 Å². The number of benzene rings is 4. The van der Waals surface area contributed by atoms with Gasteiger partial charge in [0.1, 0.15) is 5.41 Å². The summed E-state index contributed by atoms with van der Waals surface area (Å²) in [5.41, 5.74) is 12.3. The Labute approximate surface area is 185 Å². The molecule has 0 radical (unpaired) electrons. The van der Waals surface area contributed by atoms with Crippen LogP contribution < -0.4 is 11.5 Å². The van der Waals surface area contributed by atoms with Gasteiger partial charge in [-0.3, -0.25) is 0 Å². The van der Waals surface area contributed by atoms with E-state index in [1.807, 2.05) is 30.3 Å². The van der Waals surface area contributed by atoms with E-state index in [2.05, 4.69) is 0 Å². The number of halogens is 3. The van der Waals surface area contributed by atoms with Gasteiger partial charge in [-0.1, -0.05) is 78.9 Å². The lowest BCUT2D eigenvalue weighted by atomic mass is 9.68. The van der Waals surface area contributed by atoms with E-state index in [-0.39, 0.29) is 16.7 Å². The monoisotopic (exact) mass is 432 g/mol. The highest BCUT2D eigenvalue weighted by Crippen LogP contribution is 2.51. The lowest BCUT2D eigenvalue weighted by molar-refractivity contribution is -0.166. The van der Waals surface area contributed by atoms with Crippen molar-refractivity contribution in [3.8, 4) is 0 Å². The molecule has 0 bridgehead atoms. The summed E-state index contributed by atoms with van der Waals surface area (Å²) in [4.78, 5) is 0. The Kier molecular flexibility index (Phi) is 5.66. The van der Waals surface area contributed by atoms with Gasteiger partial charge in [-0.25, -0.2) is 0 Å². The average molecular weight is 432 g/mol. The molecule has 162 valence electrons. The molecule has 0 aliphatic rings. The molecular weight excluding hydrogens is 409 g/mol. The zero-order valence-corrected chi connectivity index (χ0v) is 17.3. The number of nitrogens with two attached hydrogens (primary N) is 2. The summed E-state index contributed by atoms with van der Waals surface area (Å²) < 4.78 is 45.1. The highest BCUT2D eigenvalue weighted by atomic mass is 19.4. The molecule has 0 heterocycles. The van der Waals surface area contributed by atoms with Crippen LogP contribution >= 0.6 is 0 Å². The molecule has 0 unspecified atom stereocenters. The molecule has 0 amide bonds. The van der Waals surface area contributed by atoms with Crippen LogP contribution in [0, 0.1) is 0 Å². The molecule has 0 saturated heterocycles. The van der Waals surface area contributed by atoms with Crippen molar-refractivity contribution in [1.82, 2.24) is 0 Å². The molecule has 2 nitrogen and oxygen atoms in total. The van der Waals surface area contributed by atoms with E-state index in [0.717, 1.165) is 11.1 Å². The molecule has 0 aliphatic carbocycles. The van der Waals surface area contributed by atoms with E-state index in [1.54, 1.807) is 24.3 Å². The maximum Gasteiger partial charge on any atom is 0.406 e. The number of nitrogen functional groups attached to an aromatic ring is 2. The Morgan fingerprint density at radius 1 is 0.500 bits per heavy atom. The summed E-state index contributed by atoms with van der Waals surface area (Å²) >= 11 is 0. The van der Waals surface area contributed by atoms with Crippen molar-refractivity contribution in [1.29, 1.82) is 0 Å². The van der Waals surface area contributed by atoms with Crippen LogP contribution in [0.25, 0.3) is 0 Å². The van der Waals surface area contributed by atoms with Gasteiger partial charge < -0.3 is 11.5 Å². The molecular formula is C27H23F3N2. The van der Waals surface area contributed by atoms with Crippen LogP contribution in [0.15, 0.2) is 103 Å². The minimum atomic E-state index is -4.61. The van der Waals surface area contributed by atoms with Crippen LogP contribution in [0.1, 0.15) is 27.8 Å². The van der Waals surface area contributed by atoms with Gasteiger partial charge in [0.05, 0.1) is 0 Å². The van der Waals surface area contributed by atoms with Crippen molar-refractivity contribution < 1.29 is 13.2 Å². The van der Waals surface area contributed by atoms with Crippen molar-refractivity contribution in [2.45, 2.75) is 18.0 Å². The first-order valence-electron chi connectivity index (χ1n) is 10.2. The quantitative estimate of drug-likeness (QED) is 0.286. The maximum atomic E-state index is 15.0. The van der Waals surface area contributed by atoms with Gasteiger partial charge in [0.2, 0.25) is 0 Å². The highest BCUT2D eigenvalue weighted by Gasteiger charge is 2.58. The van der Waals surface area contributed by atoms with Gasteiger partial charge in [0, 0.05) is 11.4 Å². The lowest BCUT2D eigenvalue weighted by Crippen LogP contribution is -2.44. The number of hydrogen-bond donors (Lipinski definition) is 2. The predicted octanol–water partition coefficient (Wildman–Crippen LogP) is 6.34. The molecule has 0 fully saturated rings. The van der Waals surface area contributed by atoms with Crippen LogP contribution in [-0.2, 0) is 11.8 Å². The first kappa shape index (κ1) is 21.5. The van der Waals surface area contributed by atoms with Crippen molar-refractivity contribution in [2.24, 2.45) is 0 Å². The van der Waals surface area contributed by atoms with Gasteiger partial charge >= 0.3 is 6.18 Å². The molecule has 32 heavy (non-hydrogen) atoms. The maximum absolute atomic E-state index is 15.0. The molecule has 0 spiro atoms.